The van der Waals surface area contributed by atoms with Crippen LogP contribution in [0.25, 0.3) is 0 Å². The number of methoxy groups -OCH3 is 1. The Balaban J connectivity index is 1.90. The monoisotopic (exact) mass is 255 g/mol. The molecule has 1 N–H and O–H groups in total. The Morgan fingerprint density at radius 1 is 1.33 bits per heavy atom. The Morgan fingerprint density at radius 2 is 2.06 bits per heavy atom. The number of ether oxygens (including phenoxy) is 2. The van der Waals surface area contributed by atoms with Gasteiger partial charge in [0.15, 0.2) is 0 Å². The lowest BCUT2D eigenvalue weighted by Gasteiger charge is -2.45. The number of rotatable bonds is 7. The third-order valence-electron chi connectivity index (χ3n) is 4.78. The van der Waals surface area contributed by atoms with Crippen molar-refractivity contribution in [3.63, 3.8) is 0 Å². The maximum atomic E-state index is 5.80. The van der Waals surface area contributed by atoms with Crippen molar-refractivity contribution in [2.24, 2.45) is 5.92 Å². The van der Waals surface area contributed by atoms with Crippen LogP contribution in [0.3, 0.4) is 0 Å². The summed E-state index contributed by atoms with van der Waals surface area (Å²) in [6.07, 6.45) is 8.65. The predicted octanol–water partition coefficient (Wildman–Crippen LogP) is 2.74. The molecule has 1 aliphatic carbocycles. The smallest absolute Gasteiger partial charge is 0.0693 e. The van der Waals surface area contributed by atoms with Gasteiger partial charge in [-0.2, -0.15) is 0 Å². The topological polar surface area (TPSA) is 30.5 Å². The first kappa shape index (κ1) is 14.3. The lowest BCUT2D eigenvalue weighted by molar-refractivity contribution is -0.0902. The molecule has 0 radical (unpaired) electrons. The van der Waals surface area contributed by atoms with Crippen LogP contribution >= 0.6 is 0 Å². The molecule has 1 heterocycles. The average Bonchev–Trinajstić information content (AvgIpc) is 2.38. The third-order valence-corrected chi connectivity index (χ3v) is 4.78. The highest BCUT2D eigenvalue weighted by Crippen LogP contribution is 2.40. The van der Waals surface area contributed by atoms with Gasteiger partial charge in [-0.3, -0.25) is 0 Å². The molecule has 1 saturated heterocycles. The van der Waals surface area contributed by atoms with Gasteiger partial charge in [0.25, 0.3) is 0 Å². The van der Waals surface area contributed by atoms with Gasteiger partial charge in [0.1, 0.15) is 0 Å². The van der Waals surface area contributed by atoms with Crippen molar-refractivity contribution in [2.45, 2.75) is 63.5 Å². The second-order valence-corrected chi connectivity index (χ2v) is 5.96. The molecular formula is C15H29NO2. The van der Waals surface area contributed by atoms with E-state index in [0.717, 1.165) is 25.7 Å². The zero-order valence-electron chi connectivity index (χ0n) is 12.0. The molecule has 0 aromatic rings. The fraction of sp³-hybridized carbons (Fsp3) is 1.00. The summed E-state index contributed by atoms with van der Waals surface area (Å²) in [5.41, 5.74) is 0.184. The van der Waals surface area contributed by atoms with Gasteiger partial charge in [-0.15, -0.1) is 0 Å². The van der Waals surface area contributed by atoms with E-state index in [0.29, 0.717) is 6.04 Å². The fourth-order valence-corrected chi connectivity index (χ4v) is 3.32. The first-order valence-electron chi connectivity index (χ1n) is 7.66. The zero-order valence-corrected chi connectivity index (χ0v) is 12.0. The Morgan fingerprint density at radius 3 is 2.56 bits per heavy atom. The third kappa shape index (κ3) is 3.46. The van der Waals surface area contributed by atoms with Gasteiger partial charge >= 0.3 is 0 Å². The zero-order chi connectivity index (χ0) is 12.8. The first-order valence-corrected chi connectivity index (χ1v) is 7.66. The van der Waals surface area contributed by atoms with Crippen LogP contribution in [-0.2, 0) is 9.47 Å². The first-order chi connectivity index (χ1) is 8.79. The van der Waals surface area contributed by atoms with E-state index in [4.69, 9.17) is 9.47 Å². The van der Waals surface area contributed by atoms with Crippen LogP contribution < -0.4 is 5.32 Å². The minimum absolute atomic E-state index is 0.184. The van der Waals surface area contributed by atoms with Gasteiger partial charge < -0.3 is 14.8 Å². The lowest BCUT2D eigenvalue weighted by Crippen LogP contribution is -2.49. The van der Waals surface area contributed by atoms with E-state index >= 15 is 0 Å². The molecule has 18 heavy (non-hydrogen) atoms. The second-order valence-electron chi connectivity index (χ2n) is 5.96. The maximum Gasteiger partial charge on any atom is 0.0693 e. The number of hydrogen-bond acceptors (Lipinski definition) is 3. The molecule has 0 bridgehead atoms. The van der Waals surface area contributed by atoms with Crippen LogP contribution in [0.15, 0.2) is 0 Å². The van der Waals surface area contributed by atoms with E-state index in [1.165, 1.54) is 44.9 Å². The molecule has 0 aromatic carbocycles. The molecule has 1 unspecified atom stereocenters. The van der Waals surface area contributed by atoms with Crippen LogP contribution in [0.5, 0.6) is 0 Å². The van der Waals surface area contributed by atoms with Crippen LogP contribution in [0.4, 0.5) is 0 Å². The SMILES string of the molecule is CCCNC(CC1(OC)CCC1)C1CCOCC1. The highest BCUT2D eigenvalue weighted by molar-refractivity contribution is 4.95. The van der Waals surface area contributed by atoms with Gasteiger partial charge in [0, 0.05) is 26.4 Å². The predicted molar refractivity (Wildman–Crippen MR) is 73.8 cm³/mol. The highest BCUT2D eigenvalue weighted by atomic mass is 16.5. The summed E-state index contributed by atoms with van der Waals surface area (Å²) >= 11 is 0. The largest absolute Gasteiger partial charge is 0.381 e. The van der Waals surface area contributed by atoms with Gasteiger partial charge in [-0.05, 0) is 57.4 Å². The molecule has 1 aliphatic heterocycles. The van der Waals surface area contributed by atoms with Crippen molar-refractivity contribution in [1.82, 2.24) is 5.32 Å². The Bertz CT molecular complexity index is 229. The summed E-state index contributed by atoms with van der Waals surface area (Å²) in [6, 6.07) is 0.620. The van der Waals surface area contributed by atoms with E-state index < -0.39 is 0 Å². The van der Waals surface area contributed by atoms with E-state index in [-0.39, 0.29) is 5.60 Å². The summed E-state index contributed by atoms with van der Waals surface area (Å²) in [5.74, 6) is 0.776. The lowest BCUT2D eigenvalue weighted by atomic mass is 9.72. The van der Waals surface area contributed by atoms with Gasteiger partial charge in [-0.1, -0.05) is 6.92 Å². The van der Waals surface area contributed by atoms with Crippen molar-refractivity contribution >= 4 is 0 Å². The molecule has 0 aromatic heterocycles. The molecule has 1 saturated carbocycles. The van der Waals surface area contributed by atoms with Crippen molar-refractivity contribution < 1.29 is 9.47 Å². The molecule has 0 spiro atoms. The molecule has 2 aliphatic rings. The number of hydrogen-bond donors (Lipinski definition) is 1. The molecular weight excluding hydrogens is 226 g/mol. The molecule has 3 nitrogen and oxygen atoms in total. The van der Waals surface area contributed by atoms with E-state index in [9.17, 15) is 0 Å². The Labute approximate surface area is 112 Å². The maximum absolute atomic E-state index is 5.80. The summed E-state index contributed by atoms with van der Waals surface area (Å²) in [5, 5.41) is 3.76. The average molecular weight is 255 g/mol. The van der Waals surface area contributed by atoms with Crippen LogP contribution in [-0.4, -0.2) is 38.5 Å². The van der Waals surface area contributed by atoms with Crippen molar-refractivity contribution in [3.05, 3.63) is 0 Å². The quantitative estimate of drug-likeness (QED) is 0.759. The molecule has 2 rings (SSSR count). The van der Waals surface area contributed by atoms with Crippen molar-refractivity contribution in [1.29, 1.82) is 0 Å². The normalized spacial score (nSPS) is 25.7. The van der Waals surface area contributed by atoms with Crippen LogP contribution in [0.1, 0.15) is 51.9 Å². The van der Waals surface area contributed by atoms with Crippen molar-refractivity contribution in [3.8, 4) is 0 Å². The molecule has 3 heteroatoms. The van der Waals surface area contributed by atoms with E-state index in [1.54, 1.807) is 0 Å². The van der Waals surface area contributed by atoms with E-state index in [2.05, 4.69) is 12.2 Å². The van der Waals surface area contributed by atoms with Crippen LogP contribution in [0.2, 0.25) is 0 Å². The molecule has 0 amide bonds. The summed E-state index contributed by atoms with van der Waals surface area (Å²) in [6.45, 7) is 5.25. The van der Waals surface area contributed by atoms with E-state index in [1.807, 2.05) is 7.11 Å². The van der Waals surface area contributed by atoms with Gasteiger partial charge in [0.2, 0.25) is 0 Å². The number of nitrogens with one attached hydrogen (secondary N) is 1. The van der Waals surface area contributed by atoms with Gasteiger partial charge in [-0.25, -0.2) is 0 Å². The Kier molecular flexibility index (Phi) is 5.46. The minimum Gasteiger partial charge on any atom is -0.381 e. The summed E-state index contributed by atoms with van der Waals surface area (Å²) in [4.78, 5) is 0. The minimum atomic E-state index is 0.184. The standard InChI is InChI=1S/C15H29NO2/c1-3-9-16-14(13-5-10-18-11-6-13)12-15(17-2)7-4-8-15/h13-14,16H,3-12H2,1-2H3. The highest BCUT2D eigenvalue weighted by Gasteiger charge is 2.40. The second kappa shape index (κ2) is 6.88. The molecule has 1 atom stereocenters. The van der Waals surface area contributed by atoms with Crippen molar-refractivity contribution in [2.75, 3.05) is 26.9 Å². The van der Waals surface area contributed by atoms with Crippen LogP contribution in [0, 0.1) is 5.92 Å². The van der Waals surface area contributed by atoms with Gasteiger partial charge in [0.05, 0.1) is 5.60 Å². The fourth-order valence-electron chi connectivity index (χ4n) is 3.32. The summed E-state index contributed by atoms with van der Waals surface area (Å²) < 4.78 is 11.3. The summed E-state index contributed by atoms with van der Waals surface area (Å²) in [7, 11) is 1.89. The Hall–Kier alpha value is -0.120. The molecule has 106 valence electrons. The molecule has 2 fully saturated rings.